The highest BCUT2D eigenvalue weighted by molar-refractivity contribution is 7.80. The number of nitrogens with two attached hydrogens (primary N) is 1. The van der Waals surface area contributed by atoms with Crippen LogP contribution in [0.1, 0.15) is 19.3 Å². The molecule has 1 aromatic rings. The van der Waals surface area contributed by atoms with Gasteiger partial charge in [-0.3, -0.25) is 0 Å². The molecule has 0 amide bonds. The molecule has 1 fully saturated rings. The van der Waals surface area contributed by atoms with Crippen molar-refractivity contribution >= 4 is 22.9 Å². The average Bonchev–Trinajstić information content (AvgIpc) is 2.45. The Morgan fingerprint density at radius 3 is 2.58 bits per heavy atom. The van der Waals surface area contributed by atoms with Crippen molar-refractivity contribution in [3.63, 3.8) is 0 Å². The van der Waals surface area contributed by atoms with E-state index in [0.717, 1.165) is 45.6 Å². The third-order valence-electron chi connectivity index (χ3n) is 3.57. The Balaban J connectivity index is 1.98. The van der Waals surface area contributed by atoms with Gasteiger partial charge in [-0.2, -0.15) is 0 Å². The van der Waals surface area contributed by atoms with Crippen LogP contribution in [0.15, 0.2) is 30.3 Å². The van der Waals surface area contributed by atoms with Crippen molar-refractivity contribution < 1.29 is 4.74 Å². The highest BCUT2D eigenvalue weighted by atomic mass is 32.1. The molecule has 0 spiro atoms. The summed E-state index contributed by atoms with van der Waals surface area (Å²) in [4.78, 5) is 2.99. The topological polar surface area (TPSA) is 38.5 Å². The molecule has 1 aliphatic heterocycles. The van der Waals surface area contributed by atoms with Gasteiger partial charge in [-0.15, -0.1) is 0 Å². The van der Waals surface area contributed by atoms with E-state index < -0.39 is 0 Å². The van der Waals surface area contributed by atoms with E-state index in [0.29, 0.717) is 10.9 Å². The summed E-state index contributed by atoms with van der Waals surface area (Å²) in [5.41, 5.74) is 6.89. The standard InChI is InChI=1S/C15H22N2OS/c16-15(19)6-9-17(14-4-2-1-3-5-14)12-13-7-10-18-11-8-13/h1-5,13H,6-12H2,(H2,16,19). The van der Waals surface area contributed by atoms with Gasteiger partial charge in [-0.05, 0) is 30.9 Å². The lowest BCUT2D eigenvalue weighted by Gasteiger charge is -2.31. The van der Waals surface area contributed by atoms with Crippen LogP contribution >= 0.6 is 12.2 Å². The lowest BCUT2D eigenvalue weighted by molar-refractivity contribution is 0.0682. The third-order valence-corrected chi connectivity index (χ3v) is 3.77. The number of rotatable bonds is 6. The first-order chi connectivity index (χ1) is 9.25. The van der Waals surface area contributed by atoms with E-state index in [-0.39, 0.29) is 0 Å². The lowest BCUT2D eigenvalue weighted by atomic mass is 9.99. The highest BCUT2D eigenvalue weighted by Crippen LogP contribution is 2.21. The Morgan fingerprint density at radius 1 is 1.26 bits per heavy atom. The van der Waals surface area contributed by atoms with Gasteiger partial charge in [0.25, 0.3) is 0 Å². The summed E-state index contributed by atoms with van der Waals surface area (Å²) in [6.45, 7) is 3.75. The van der Waals surface area contributed by atoms with Crippen molar-refractivity contribution in [1.82, 2.24) is 0 Å². The molecular weight excluding hydrogens is 256 g/mol. The van der Waals surface area contributed by atoms with Crippen molar-refractivity contribution in [3.05, 3.63) is 30.3 Å². The van der Waals surface area contributed by atoms with Gasteiger partial charge >= 0.3 is 0 Å². The summed E-state index contributed by atoms with van der Waals surface area (Å²) in [6.07, 6.45) is 3.07. The normalized spacial score (nSPS) is 16.2. The molecule has 1 heterocycles. The Kier molecular flexibility index (Phi) is 5.61. The van der Waals surface area contributed by atoms with Crippen LogP contribution in [0.2, 0.25) is 0 Å². The molecule has 4 heteroatoms. The van der Waals surface area contributed by atoms with Gasteiger partial charge in [-0.1, -0.05) is 30.4 Å². The summed E-state index contributed by atoms with van der Waals surface area (Å²) < 4.78 is 5.43. The second-order valence-corrected chi connectivity index (χ2v) is 5.58. The van der Waals surface area contributed by atoms with Crippen molar-refractivity contribution in [2.75, 3.05) is 31.2 Å². The van der Waals surface area contributed by atoms with Crippen molar-refractivity contribution in [2.24, 2.45) is 11.7 Å². The second-order valence-electron chi connectivity index (χ2n) is 5.05. The summed E-state index contributed by atoms with van der Waals surface area (Å²) in [5, 5.41) is 0. The third kappa shape index (κ3) is 4.80. The van der Waals surface area contributed by atoms with E-state index in [1.165, 1.54) is 5.69 Å². The van der Waals surface area contributed by atoms with E-state index >= 15 is 0 Å². The molecule has 2 N–H and O–H groups in total. The number of benzene rings is 1. The van der Waals surface area contributed by atoms with Gasteiger partial charge < -0.3 is 15.4 Å². The first-order valence-electron chi connectivity index (χ1n) is 6.92. The minimum Gasteiger partial charge on any atom is -0.393 e. The van der Waals surface area contributed by atoms with Gasteiger partial charge in [0.1, 0.15) is 0 Å². The molecule has 3 nitrogen and oxygen atoms in total. The van der Waals surface area contributed by atoms with Crippen LogP contribution in [-0.4, -0.2) is 31.3 Å². The smallest absolute Gasteiger partial charge is 0.0745 e. The monoisotopic (exact) mass is 278 g/mol. The van der Waals surface area contributed by atoms with Crippen molar-refractivity contribution in [2.45, 2.75) is 19.3 Å². The van der Waals surface area contributed by atoms with E-state index in [1.807, 2.05) is 6.07 Å². The maximum Gasteiger partial charge on any atom is 0.0745 e. The van der Waals surface area contributed by atoms with E-state index in [2.05, 4.69) is 29.2 Å². The van der Waals surface area contributed by atoms with Gasteiger partial charge in [-0.25, -0.2) is 0 Å². The molecule has 0 aromatic heterocycles. The number of para-hydroxylation sites is 1. The Hall–Kier alpha value is -1.13. The first-order valence-corrected chi connectivity index (χ1v) is 7.32. The quantitative estimate of drug-likeness (QED) is 0.812. The maximum absolute atomic E-state index is 5.64. The Labute approximate surface area is 120 Å². The summed E-state index contributed by atoms with van der Waals surface area (Å²) in [5.74, 6) is 0.709. The number of hydrogen-bond acceptors (Lipinski definition) is 3. The number of ether oxygens (including phenoxy) is 1. The van der Waals surface area contributed by atoms with Crippen LogP contribution in [0, 0.1) is 5.92 Å². The number of hydrogen-bond donors (Lipinski definition) is 1. The average molecular weight is 278 g/mol. The number of anilines is 1. The second kappa shape index (κ2) is 7.46. The summed E-state index contributed by atoms with van der Waals surface area (Å²) >= 11 is 5.00. The van der Waals surface area contributed by atoms with Crippen LogP contribution in [0.25, 0.3) is 0 Å². The van der Waals surface area contributed by atoms with Crippen LogP contribution in [-0.2, 0) is 4.74 Å². The molecule has 0 aliphatic carbocycles. The van der Waals surface area contributed by atoms with Gasteiger partial charge in [0, 0.05) is 38.4 Å². The molecule has 1 saturated heterocycles. The molecule has 2 rings (SSSR count). The van der Waals surface area contributed by atoms with Crippen molar-refractivity contribution in [1.29, 1.82) is 0 Å². The Bertz CT molecular complexity index is 390. The number of thiocarbonyl (C=S) groups is 1. The lowest BCUT2D eigenvalue weighted by Crippen LogP contribution is -2.34. The van der Waals surface area contributed by atoms with E-state index in [4.69, 9.17) is 22.7 Å². The summed E-state index contributed by atoms with van der Waals surface area (Å²) in [7, 11) is 0. The fourth-order valence-electron chi connectivity index (χ4n) is 2.45. The summed E-state index contributed by atoms with van der Waals surface area (Å²) in [6, 6.07) is 10.5. The molecular formula is C15H22N2OS. The predicted molar refractivity (Wildman–Crippen MR) is 83.6 cm³/mol. The minimum absolute atomic E-state index is 0.591. The molecule has 1 aromatic carbocycles. The largest absolute Gasteiger partial charge is 0.393 e. The fourth-order valence-corrected chi connectivity index (χ4v) is 2.54. The molecule has 0 atom stereocenters. The van der Waals surface area contributed by atoms with Crippen LogP contribution in [0.5, 0.6) is 0 Å². The molecule has 1 aliphatic rings. The van der Waals surface area contributed by atoms with Gasteiger partial charge in [0.05, 0.1) is 4.99 Å². The molecule has 104 valence electrons. The predicted octanol–water partition coefficient (Wildman–Crippen LogP) is 2.60. The van der Waals surface area contributed by atoms with Gasteiger partial charge in [0.15, 0.2) is 0 Å². The minimum atomic E-state index is 0.591. The number of nitrogens with zero attached hydrogens (tertiary/aromatic N) is 1. The van der Waals surface area contributed by atoms with Crippen LogP contribution < -0.4 is 10.6 Å². The van der Waals surface area contributed by atoms with E-state index in [9.17, 15) is 0 Å². The first kappa shape index (κ1) is 14.3. The van der Waals surface area contributed by atoms with Crippen LogP contribution in [0.3, 0.4) is 0 Å². The maximum atomic E-state index is 5.64. The van der Waals surface area contributed by atoms with Crippen molar-refractivity contribution in [3.8, 4) is 0 Å². The SMILES string of the molecule is NC(=S)CCN(CC1CCOCC1)c1ccccc1. The zero-order chi connectivity index (χ0) is 13.5. The Morgan fingerprint density at radius 2 is 1.95 bits per heavy atom. The highest BCUT2D eigenvalue weighted by Gasteiger charge is 2.17. The van der Waals surface area contributed by atoms with E-state index in [1.54, 1.807) is 0 Å². The molecule has 0 saturated carbocycles. The molecule has 0 radical (unpaired) electrons. The van der Waals surface area contributed by atoms with Crippen LogP contribution in [0.4, 0.5) is 5.69 Å². The zero-order valence-electron chi connectivity index (χ0n) is 11.3. The molecule has 0 bridgehead atoms. The molecule has 19 heavy (non-hydrogen) atoms. The van der Waals surface area contributed by atoms with Gasteiger partial charge in [0.2, 0.25) is 0 Å². The zero-order valence-corrected chi connectivity index (χ0v) is 12.1. The molecule has 0 unspecified atom stereocenters. The fraction of sp³-hybridized carbons (Fsp3) is 0.533.